The number of benzene rings is 1. The van der Waals surface area contributed by atoms with Gasteiger partial charge in [0, 0.05) is 19.6 Å². The van der Waals surface area contributed by atoms with Gasteiger partial charge in [-0.2, -0.15) is 0 Å². The van der Waals surface area contributed by atoms with Gasteiger partial charge in [-0.15, -0.1) is 0 Å². The van der Waals surface area contributed by atoms with Gasteiger partial charge in [0.1, 0.15) is 6.04 Å². The van der Waals surface area contributed by atoms with E-state index < -0.39 is 12.0 Å². The second-order valence-corrected chi connectivity index (χ2v) is 5.82. The van der Waals surface area contributed by atoms with Gasteiger partial charge in [-0.05, 0) is 37.7 Å². The van der Waals surface area contributed by atoms with E-state index in [0.717, 1.165) is 11.1 Å². The lowest BCUT2D eigenvalue weighted by atomic mass is 9.91. The molecule has 1 unspecified atom stereocenters. The number of aliphatic carboxylic acids is 1. The summed E-state index contributed by atoms with van der Waals surface area (Å²) in [7, 11) is 0. The number of ether oxygens (including phenoxy) is 1. The van der Waals surface area contributed by atoms with Crippen molar-refractivity contribution < 1.29 is 19.4 Å². The fourth-order valence-corrected chi connectivity index (χ4v) is 2.80. The van der Waals surface area contributed by atoms with Crippen molar-refractivity contribution >= 4 is 11.9 Å². The van der Waals surface area contributed by atoms with Crippen LogP contribution in [0, 0.1) is 12.8 Å². The molecule has 120 valence electrons. The molecule has 2 rings (SSSR count). The molecule has 1 aromatic carbocycles. The SMILES string of the molecule is Cc1cccc(CCC(=O)NC(C(=O)O)C2CCOCC2)c1. The molecule has 5 heteroatoms. The van der Waals surface area contributed by atoms with E-state index >= 15 is 0 Å². The highest BCUT2D eigenvalue weighted by Gasteiger charge is 2.30. The van der Waals surface area contributed by atoms with Crippen molar-refractivity contribution in [1.82, 2.24) is 5.32 Å². The lowest BCUT2D eigenvalue weighted by molar-refractivity contribution is -0.144. The first-order valence-electron chi connectivity index (χ1n) is 7.71. The standard InChI is InChI=1S/C17H23NO4/c1-12-3-2-4-13(11-12)5-6-15(19)18-16(17(20)21)14-7-9-22-10-8-14/h2-4,11,14,16H,5-10H2,1H3,(H,18,19)(H,20,21). The molecular weight excluding hydrogens is 282 g/mol. The predicted molar refractivity (Wildman–Crippen MR) is 82.6 cm³/mol. The van der Waals surface area contributed by atoms with Gasteiger partial charge in [-0.3, -0.25) is 4.79 Å². The molecule has 1 atom stereocenters. The lowest BCUT2D eigenvalue weighted by Gasteiger charge is -2.28. The molecule has 1 aliphatic heterocycles. The summed E-state index contributed by atoms with van der Waals surface area (Å²) in [6, 6.07) is 7.18. The number of hydrogen-bond donors (Lipinski definition) is 2. The third kappa shape index (κ3) is 4.84. The Hall–Kier alpha value is -1.88. The first-order chi connectivity index (χ1) is 10.6. The molecule has 0 bridgehead atoms. The zero-order chi connectivity index (χ0) is 15.9. The van der Waals surface area contributed by atoms with E-state index in [1.807, 2.05) is 31.2 Å². The molecule has 0 spiro atoms. The predicted octanol–water partition coefficient (Wildman–Crippen LogP) is 1.92. The molecule has 0 radical (unpaired) electrons. The maximum absolute atomic E-state index is 12.1. The van der Waals surface area contributed by atoms with Crippen molar-refractivity contribution in [3.05, 3.63) is 35.4 Å². The fraction of sp³-hybridized carbons (Fsp3) is 0.529. The summed E-state index contributed by atoms with van der Waals surface area (Å²) < 4.78 is 5.25. The maximum atomic E-state index is 12.1. The summed E-state index contributed by atoms with van der Waals surface area (Å²) in [6.07, 6.45) is 2.27. The van der Waals surface area contributed by atoms with Crippen molar-refractivity contribution in [2.24, 2.45) is 5.92 Å². The van der Waals surface area contributed by atoms with Gasteiger partial charge in [0.2, 0.25) is 5.91 Å². The molecule has 0 aliphatic carbocycles. The number of amides is 1. The number of carboxylic acid groups (broad SMARTS) is 1. The Kier molecular flexibility index (Phi) is 5.95. The second-order valence-electron chi connectivity index (χ2n) is 5.82. The summed E-state index contributed by atoms with van der Waals surface area (Å²) >= 11 is 0. The Labute approximate surface area is 130 Å². The van der Waals surface area contributed by atoms with Crippen LogP contribution >= 0.6 is 0 Å². The second kappa shape index (κ2) is 7.94. The molecule has 0 saturated carbocycles. The van der Waals surface area contributed by atoms with Crippen LogP contribution in [-0.2, 0) is 20.7 Å². The monoisotopic (exact) mass is 305 g/mol. The molecule has 1 amide bonds. The van der Waals surface area contributed by atoms with E-state index in [0.29, 0.717) is 38.9 Å². The molecule has 1 fully saturated rings. The van der Waals surface area contributed by atoms with Gasteiger partial charge in [-0.1, -0.05) is 29.8 Å². The fourth-order valence-electron chi connectivity index (χ4n) is 2.80. The zero-order valence-electron chi connectivity index (χ0n) is 12.9. The zero-order valence-corrected chi connectivity index (χ0v) is 12.9. The molecule has 22 heavy (non-hydrogen) atoms. The molecule has 1 saturated heterocycles. The van der Waals surface area contributed by atoms with Crippen molar-refractivity contribution in [2.75, 3.05) is 13.2 Å². The van der Waals surface area contributed by atoms with E-state index in [1.165, 1.54) is 0 Å². The summed E-state index contributed by atoms with van der Waals surface area (Å²) in [6.45, 7) is 3.14. The number of nitrogens with one attached hydrogen (secondary N) is 1. The molecule has 1 aliphatic rings. The van der Waals surface area contributed by atoms with Gasteiger partial charge in [0.25, 0.3) is 0 Å². The van der Waals surface area contributed by atoms with E-state index in [2.05, 4.69) is 5.32 Å². The minimum Gasteiger partial charge on any atom is -0.480 e. The summed E-state index contributed by atoms with van der Waals surface area (Å²) in [5, 5.41) is 12.0. The smallest absolute Gasteiger partial charge is 0.326 e. The van der Waals surface area contributed by atoms with Gasteiger partial charge in [-0.25, -0.2) is 4.79 Å². The molecular formula is C17H23NO4. The Morgan fingerprint density at radius 2 is 2.09 bits per heavy atom. The normalized spacial score (nSPS) is 17.0. The van der Waals surface area contributed by atoms with Crippen LogP contribution in [0.25, 0.3) is 0 Å². The lowest BCUT2D eigenvalue weighted by Crippen LogP contribution is -2.47. The molecule has 1 aromatic rings. The number of carboxylic acids is 1. The summed E-state index contributed by atoms with van der Waals surface area (Å²) in [5.74, 6) is -1.22. The van der Waals surface area contributed by atoms with E-state index in [4.69, 9.17) is 4.74 Å². The van der Waals surface area contributed by atoms with Crippen molar-refractivity contribution in [2.45, 2.75) is 38.6 Å². The Bertz CT molecular complexity index is 523. The highest BCUT2D eigenvalue weighted by atomic mass is 16.5. The van der Waals surface area contributed by atoms with Crippen LogP contribution in [0.2, 0.25) is 0 Å². The molecule has 1 heterocycles. The minimum absolute atomic E-state index is 0.0471. The Morgan fingerprint density at radius 3 is 2.73 bits per heavy atom. The van der Waals surface area contributed by atoms with Gasteiger partial charge >= 0.3 is 5.97 Å². The molecule has 2 N–H and O–H groups in total. The first-order valence-corrected chi connectivity index (χ1v) is 7.71. The van der Waals surface area contributed by atoms with E-state index in [9.17, 15) is 14.7 Å². The highest BCUT2D eigenvalue weighted by Crippen LogP contribution is 2.19. The number of hydrogen-bond acceptors (Lipinski definition) is 3. The van der Waals surface area contributed by atoms with Gasteiger partial charge < -0.3 is 15.2 Å². The van der Waals surface area contributed by atoms with Crippen LogP contribution in [0.15, 0.2) is 24.3 Å². The highest BCUT2D eigenvalue weighted by molar-refractivity contribution is 5.83. The van der Waals surface area contributed by atoms with Gasteiger partial charge in [0.05, 0.1) is 0 Å². The van der Waals surface area contributed by atoms with Crippen LogP contribution in [0.3, 0.4) is 0 Å². The average Bonchev–Trinajstić information content (AvgIpc) is 2.51. The largest absolute Gasteiger partial charge is 0.480 e. The number of carbonyl (C=O) groups excluding carboxylic acids is 1. The third-order valence-electron chi connectivity index (χ3n) is 4.04. The first kappa shape index (κ1) is 16.5. The maximum Gasteiger partial charge on any atom is 0.326 e. The van der Waals surface area contributed by atoms with Crippen molar-refractivity contribution in [3.63, 3.8) is 0 Å². The minimum atomic E-state index is -0.962. The number of carbonyl (C=O) groups is 2. The van der Waals surface area contributed by atoms with E-state index in [1.54, 1.807) is 0 Å². The van der Waals surface area contributed by atoms with Crippen LogP contribution < -0.4 is 5.32 Å². The average molecular weight is 305 g/mol. The van der Waals surface area contributed by atoms with Crippen LogP contribution in [0.1, 0.15) is 30.4 Å². The van der Waals surface area contributed by atoms with Gasteiger partial charge in [0.15, 0.2) is 0 Å². The summed E-state index contributed by atoms with van der Waals surface area (Å²) in [5.41, 5.74) is 2.25. The van der Waals surface area contributed by atoms with Crippen molar-refractivity contribution in [3.8, 4) is 0 Å². The number of aryl methyl sites for hydroxylation is 2. The third-order valence-corrected chi connectivity index (χ3v) is 4.04. The topological polar surface area (TPSA) is 75.6 Å². The van der Waals surface area contributed by atoms with Crippen molar-refractivity contribution in [1.29, 1.82) is 0 Å². The van der Waals surface area contributed by atoms with Crippen LogP contribution in [0.5, 0.6) is 0 Å². The summed E-state index contributed by atoms with van der Waals surface area (Å²) in [4.78, 5) is 23.5. The van der Waals surface area contributed by atoms with E-state index in [-0.39, 0.29) is 11.8 Å². The van der Waals surface area contributed by atoms with Crippen LogP contribution in [-0.4, -0.2) is 36.2 Å². The Balaban J connectivity index is 1.86. The molecule has 0 aromatic heterocycles. The molecule has 5 nitrogen and oxygen atoms in total. The van der Waals surface area contributed by atoms with Crippen LogP contribution in [0.4, 0.5) is 0 Å². The number of rotatable bonds is 6. The Morgan fingerprint density at radius 1 is 1.36 bits per heavy atom. The quantitative estimate of drug-likeness (QED) is 0.842.